The first kappa shape index (κ1) is 16.2. The second kappa shape index (κ2) is 6.92. The van der Waals surface area contributed by atoms with E-state index >= 15 is 0 Å². The topological polar surface area (TPSA) is 84.0 Å². The molecule has 1 saturated carbocycles. The molecule has 7 heteroatoms. The standard InChI is InChI=1S/C18H23N5O2/c1-2-4-16-20-17(22-21-16)15-11-23(7-8-25-15)18(24)14-9-13(14)12-5-3-6-19-10-12/h3,5-6,10,13-15H,2,4,7-9,11H2,1H3,(H,20,21,22)/t13-,14-,15+/m1/s1. The highest BCUT2D eigenvalue weighted by atomic mass is 16.5. The van der Waals surface area contributed by atoms with E-state index in [1.165, 1.54) is 0 Å². The molecule has 1 aliphatic heterocycles. The number of hydrogen-bond acceptors (Lipinski definition) is 5. The van der Waals surface area contributed by atoms with Crippen LogP contribution in [0.15, 0.2) is 24.5 Å². The van der Waals surface area contributed by atoms with Gasteiger partial charge in [0, 0.05) is 31.3 Å². The molecular weight excluding hydrogens is 318 g/mol. The Bertz CT molecular complexity index is 732. The Labute approximate surface area is 146 Å². The molecular formula is C18H23N5O2. The minimum absolute atomic E-state index is 0.0748. The van der Waals surface area contributed by atoms with Crippen molar-refractivity contribution in [1.29, 1.82) is 0 Å². The predicted octanol–water partition coefficient (Wildman–Crippen LogP) is 1.86. The Morgan fingerprint density at radius 1 is 1.48 bits per heavy atom. The van der Waals surface area contributed by atoms with Crippen LogP contribution in [0.4, 0.5) is 0 Å². The largest absolute Gasteiger partial charge is 0.366 e. The number of pyridine rings is 1. The van der Waals surface area contributed by atoms with Gasteiger partial charge in [-0.1, -0.05) is 13.0 Å². The number of ether oxygens (including phenoxy) is 1. The summed E-state index contributed by atoms with van der Waals surface area (Å²) < 4.78 is 5.80. The zero-order valence-electron chi connectivity index (χ0n) is 14.4. The predicted molar refractivity (Wildman–Crippen MR) is 90.7 cm³/mol. The molecule has 1 aliphatic carbocycles. The Morgan fingerprint density at radius 2 is 2.40 bits per heavy atom. The number of nitrogens with one attached hydrogen (secondary N) is 1. The van der Waals surface area contributed by atoms with Crippen molar-refractivity contribution in [2.24, 2.45) is 5.92 Å². The van der Waals surface area contributed by atoms with Crippen LogP contribution in [0.2, 0.25) is 0 Å². The van der Waals surface area contributed by atoms with Gasteiger partial charge in [0.1, 0.15) is 11.9 Å². The first-order chi connectivity index (χ1) is 12.3. The molecule has 1 N–H and O–H groups in total. The number of H-pyrrole nitrogens is 1. The van der Waals surface area contributed by atoms with Crippen LogP contribution in [0.1, 0.15) is 49.0 Å². The van der Waals surface area contributed by atoms with Crippen LogP contribution in [-0.2, 0) is 16.0 Å². The lowest BCUT2D eigenvalue weighted by atomic mass is 10.1. The van der Waals surface area contributed by atoms with E-state index in [0.29, 0.717) is 31.4 Å². The van der Waals surface area contributed by atoms with Crippen LogP contribution in [-0.4, -0.2) is 50.7 Å². The number of carbonyl (C=O) groups is 1. The summed E-state index contributed by atoms with van der Waals surface area (Å²) in [6, 6.07) is 3.98. The summed E-state index contributed by atoms with van der Waals surface area (Å²) in [6.45, 7) is 3.79. The van der Waals surface area contributed by atoms with E-state index in [1.807, 2.05) is 17.2 Å². The van der Waals surface area contributed by atoms with E-state index in [1.54, 1.807) is 6.20 Å². The highest BCUT2D eigenvalue weighted by Crippen LogP contribution is 2.48. The third kappa shape index (κ3) is 3.42. The molecule has 0 aromatic carbocycles. The summed E-state index contributed by atoms with van der Waals surface area (Å²) in [5, 5.41) is 7.23. The number of nitrogens with zero attached hydrogens (tertiary/aromatic N) is 4. The van der Waals surface area contributed by atoms with Crippen LogP contribution in [0.25, 0.3) is 0 Å². The number of aromatic nitrogens is 4. The normalized spacial score (nSPS) is 25.8. The Morgan fingerprint density at radius 3 is 3.20 bits per heavy atom. The minimum atomic E-state index is -0.241. The maximum Gasteiger partial charge on any atom is 0.226 e. The van der Waals surface area contributed by atoms with Crippen LogP contribution in [0.5, 0.6) is 0 Å². The van der Waals surface area contributed by atoms with Crippen molar-refractivity contribution in [3.8, 4) is 0 Å². The third-order valence-corrected chi connectivity index (χ3v) is 4.92. The van der Waals surface area contributed by atoms with Crippen molar-refractivity contribution in [3.63, 3.8) is 0 Å². The number of amides is 1. The zero-order chi connectivity index (χ0) is 17.2. The van der Waals surface area contributed by atoms with Crippen molar-refractivity contribution in [1.82, 2.24) is 25.1 Å². The lowest BCUT2D eigenvalue weighted by molar-refractivity contribution is -0.140. The molecule has 0 bridgehead atoms. The van der Waals surface area contributed by atoms with Gasteiger partial charge in [-0.3, -0.25) is 14.9 Å². The molecule has 3 heterocycles. The lowest BCUT2D eigenvalue weighted by Gasteiger charge is -2.32. The second-order valence-corrected chi connectivity index (χ2v) is 6.77. The number of aromatic amines is 1. The number of rotatable bonds is 5. The molecule has 2 aromatic heterocycles. The Hall–Kier alpha value is -2.28. The molecule has 1 saturated heterocycles. The second-order valence-electron chi connectivity index (χ2n) is 6.77. The molecule has 1 amide bonds. The van der Waals surface area contributed by atoms with Crippen molar-refractivity contribution in [3.05, 3.63) is 41.7 Å². The van der Waals surface area contributed by atoms with E-state index in [-0.39, 0.29) is 17.9 Å². The maximum atomic E-state index is 12.8. The van der Waals surface area contributed by atoms with Crippen molar-refractivity contribution >= 4 is 5.91 Å². The Balaban J connectivity index is 1.39. The molecule has 25 heavy (non-hydrogen) atoms. The highest BCUT2D eigenvalue weighted by molar-refractivity contribution is 5.83. The monoisotopic (exact) mass is 341 g/mol. The molecule has 2 aromatic rings. The molecule has 4 rings (SSSR count). The van der Waals surface area contributed by atoms with Crippen LogP contribution in [0.3, 0.4) is 0 Å². The fourth-order valence-corrected chi connectivity index (χ4v) is 3.47. The summed E-state index contributed by atoms with van der Waals surface area (Å²) in [7, 11) is 0. The first-order valence-electron chi connectivity index (χ1n) is 8.97. The smallest absolute Gasteiger partial charge is 0.226 e. The molecule has 0 radical (unpaired) electrons. The average molecular weight is 341 g/mol. The summed E-state index contributed by atoms with van der Waals surface area (Å²) in [6.07, 6.45) is 6.19. The SMILES string of the molecule is CCCc1nc([C@@H]2CN(C(=O)[C@@H]3C[C@@H]3c3cccnc3)CCO2)n[nH]1. The fourth-order valence-electron chi connectivity index (χ4n) is 3.47. The van der Waals surface area contributed by atoms with E-state index in [4.69, 9.17) is 4.74 Å². The minimum Gasteiger partial charge on any atom is -0.366 e. The van der Waals surface area contributed by atoms with Crippen LogP contribution in [0, 0.1) is 5.92 Å². The highest BCUT2D eigenvalue weighted by Gasteiger charge is 2.46. The molecule has 2 fully saturated rings. The first-order valence-corrected chi connectivity index (χ1v) is 8.97. The quantitative estimate of drug-likeness (QED) is 0.897. The van der Waals surface area contributed by atoms with Gasteiger partial charge >= 0.3 is 0 Å². The molecule has 7 nitrogen and oxygen atoms in total. The van der Waals surface area contributed by atoms with Crippen molar-refractivity contribution in [2.45, 2.75) is 38.2 Å². The van der Waals surface area contributed by atoms with Gasteiger partial charge < -0.3 is 9.64 Å². The summed E-state index contributed by atoms with van der Waals surface area (Å²) in [5.41, 5.74) is 1.16. The summed E-state index contributed by atoms with van der Waals surface area (Å²) >= 11 is 0. The fraction of sp³-hybridized carbons (Fsp3) is 0.556. The Kier molecular flexibility index (Phi) is 4.48. The number of carbonyl (C=O) groups excluding carboxylic acids is 1. The third-order valence-electron chi connectivity index (χ3n) is 4.92. The van der Waals surface area contributed by atoms with Gasteiger partial charge in [0.05, 0.1) is 13.2 Å². The summed E-state index contributed by atoms with van der Waals surface area (Å²) in [5.74, 6) is 2.13. The van der Waals surface area contributed by atoms with E-state index < -0.39 is 0 Å². The van der Waals surface area contributed by atoms with Crippen molar-refractivity contribution in [2.75, 3.05) is 19.7 Å². The molecule has 2 aliphatic rings. The maximum absolute atomic E-state index is 12.8. The van der Waals surface area contributed by atoms with Crippen LogP contribution >= 0.6 is 0 Å². The van der Waals surface area contributed by atoms with E-state index in [9.17, 15) is 4.79 Å². The van der Waals surface area contributed by atoms with Gasteiger partial charge in [-0.2, -0.15) is 5.10 Å². The van der Waals surface area contributed by atoms with Gasteiger partial charge in [-0.05, 0) is 30.4 Å². The summed E-state index contributed by atoms with van der Waals surface area (Å²) in [4.78, 5) is 23.4. The van der Waals surface area contributed by atoms with Gasteiger partial charge in [0.25, 0.3) is 0 Å². The molecule has 0 unspecified atom stereocenters. The molecule has 0 spiro atoms. The molecule has 3 atom stereocenters. The van der Waals surface area contributed by atoms with Gasteiger partial charge in [-0.25, -0.2) is 4.98 Å². The average Bonchev–Trinajstić information content (AvgIpc) is 3.33. The van der Waals surface area contributed by atoms with Gasteiger partial charge in [0.15, 0.2) is 5.82 Å². The zero-order valence-corrected chi connectivity index (χ0v) is 14.4. The molecule has 132 valence electrons. The number of hydrogen-bond donors (Lipinski definition) is 1. The van der Waals surface area contributed by atoms with Gasteiger partial charge in [0.2, 0.25) is 5.91 Å². The number of morpholine rings is 1. The van der Waals surface area contributed by atoms with E-state index in [0.717, 1.165) is 30.7 Å². The van der Waals surface area contributed by atoms with Crippen LogP contribution < -0.4 is 0 Å². The van der Waals surface area contributed by atoms with Crippen molar-refractivity contribution < 1.29 is 9.53 Å². The van der Waals surface area contributed by atoms with Gasteiger partial charge in [-0.15, -0.1) is 0 Å². The lowest BCUT2D eigenvalue weighted by Crippen LogP contribution is -2.43. The number of aryl methyl sites for hydroxylation is 1. The van der Waals surface area contributed by atoms with E-state index in [2.05, 4.69) is 33.2 Å².